The Morgan fingerprint density at radius 1 is 1.71 bits per heavy atom. The number of carbonyl (C=O) groups is 1. The zero-order valence-electron chi connectivity index (χ0n) is 11.0. The summed E-state index contributed by atoms with van der Waals surface area (Å²) in [5.74, 6) is -0.940. The molecule has 0 bridgehead atoms. The Balaban J connectivity index is 2.52. The van der Waals surface area contributed by atoms with Crippen molar-refractivity contribution in [3.05, 3.63) is 0 Å². The van der Waals surface area contributed by atoms with Gasteiger partial charge in [-0.15, -0.1) is 0 Å². The third kappa shape index (κ3) is 3.94. The van der Waals surface area contributed by atoms with Crippen molar-refractivity contribution in [2.45, 2.75) is 51.3 Å². The highest BCUT2D eigenvalue weighted by molar-refractivity contribution is 5.77. The molecule has 1 rings (SSSR count). The number of carboxylic acids is 1. The lowest BCUT2D eigenvalue weighted by atomic mass is 9.94. The van der Waals surface area contributed by atoms with Gasteiger partial charge in [0.05, 0.1) is 12.7 Å². The fourth-order valence-electron chi connectivity index (χ4n) is 2.22. The maximum atomic E-state index is 11.0. The third-order valence-electron chi connectivity index (χ3n) is 3.46. The minimum Gasteiger partial charge on any atom is -0.480 e. The summed E-state index contributed by atoms with van der Waals surface area (Å²) in [6.45, 7) is 8.15. The van der Waals surface area contributed by atoms with Gasteiger partial charge in [-0.3, -0.25) is 9.69 Å². The van der Waals surface area contributed by atoms with Crippen LogP contribution >= 0.6 is 0 Å². The van der Waals surface area contributed by atoms with E-state index in [4.69, 9.17) is 15.6 Å². The van der Waals surface area contributed by atoms with Crippen LogP contribution in [0.3, 0.4) is 0 Å². The third-order valence-corrected chi connectivity index (χ3v) is 3.46. The number of morpholine rings is 1. The smallest absolute Gasteiger partial charge is 0.323 e. The van der Waals surface area contributed by atoms with E-state index in [1.54, 1.807) is 6.92 Å². The van der Waals surface area contributed by atoms with Gasteiger partial charge in [-0.05, 0) is 26.7 Å². The van der Waals surface area contributed by atoms with E-state index in [0.717, 1.165) is 26.1 Å². The molecule has 17 heavy (non-hydrogen) atoms. The summed E-state index contributed by atoms with van der Waals surface area (Å²) in [7, 11) is 0. The standard InChI is InChI=1S/C12H24N2O3/c1-4-10-8-14(5-6-17-10)9(2)7-12(3,13)11(15)16/h9-10H,4-8,13H2,1-3H3,(H,15,16). The minimum atomic E-state index is -1.15. The van der Waals surface area contributed by atoms with Crippen molar-refractivity contribution in [1.82, 2.24) is 4.90 Å². The van der Waals surface area contributed by atoms with E-state index in [1.165, 1.54) is 0 Å². The Bertz CT molecular complexity index is 268. The summed E-state index contributed by atoms with van der Waals surface area (Å²) in [5.41, 5.74) is 4.62. The first-order valence-corrected chi connectivity index (χ1v) is 6.24. The summed E-state index contributed by atoms with van der Waals surface area (Å²) in [6, 6.07) is 0.166. The average molecular weight is 244 g/mol. The van der Waals surface area contributed by atoms with Crippen molar-refractivity contribution in [2.24, 2.45) is 5.73 Å². The number of rotatable bonds is 5. The Morgan fingerprint density at radius 2 is 2.35 bits per heavy atom. The van der Waals surface area contributed by atoms with E-state index in [2.05, 4.69) is 11.8 Å². The van der Waals surface area contributed by atoms with E-state index in [0.29, 0.717) is 6.42 Å². The van der Waals surface area contributed by atoms with Gasteiger partial charge in [0.2, 0.25) is 0 Å². The summed E-state index contributed by atoms with van der Waals surface area (Å²) in [5, 5.41) is 9.02. The van der Waals surface area contributed by atoms with Crippen LogP contribution in [0.5, 0.6) is 0 Å². The molecule has 0 aromatic heterocycles. The van der Waals surface area contributed by atoms with Crippen molar-refractivity contribution >= 4 is 5.97 Å². The fraction of sp³-hybridized carbons (Fsp3) is 0.917. The molecular weight excluding hydrogens is 220 g/mol. The van der Waals surface area contributed by atoms with Gasteiger partial charge < -0.3 is 15.6 Å². The molecule has 0 radical (unpaired) electrons. The topological polar surface area (TPSA) is 75.8 Å². The summed E-state index contributed by atoms with van der Waals surface area (Å²) in [4.78, 5) is 13.3. The zero-order valence-corrected chi connectivity index (χ0v) is 11.0. The summed E-state index contributed by atoms with van der Waals surface area (Å²) < 4.78 is 5.60. The Labute approximate surface area is 103 Å². The molecule has 0 aromatic carbocycles. The first kappa shape index (κ1) is 14.4. The van der Waals surface area contributed by atoms with E-state index in [9.17, 15) is 4.79 Å². The molecule has 0 aliphatic carbocycles. The number of aliphatic carboxylic acids is 1. The maximum Gasteiger partial charge on any atom is 0.323 e. The van der Waals surface area contributed by atoms with Crippen LogP contribution in [-0.4, -0.2) is 53.4 Å². The SMILES string of the molecule is CCC1CN(C(C)CC(C)(N)C(=O)O)CCO1. The molecule has 3 atom stereocenters. The van der Waals surface area contributed by atoms with Gasteiger partial charge in [-0.1, -0.05) is 6.92 Å². The van der Waals surface area contributed by atoms with Crippen molar-refractivity contribution < 1.29 is 14.6 Å². The fourth-order valence-corrected chi connectivity index (χ4v) is 2.22. The Kier molecular flexibility index (Phi) is 4.91. The van der Waals surface area contributed by atoms with Crippen molar-refractivity contribution in [1.29, 1.82) is 0 Å². The molecule has 0 amide bonds. The maximum absolute atomic E-state index is 11.0. The van der Waals surface area contributed by atoms with E-state index in [1.807, 2.05) is 6.92 Å². The van der Waals surface area contributed by atoms with Crippen molar-refractivity contribution in [3.63, 3.8) is 0 Å². The molecule has 1 saturated heterocycles. The number of ether oxygens (including phenoxy) is 1. The van der Waals surface area contributed by atoms with E-state index in [-0.39, 0.29) is 12.1 Å². The molecule has 1 fully saturated rings. The normalized spacial score (nSPS) is 27.4. The van der Waals surface area contributed by atoms with Crippen LogP contribution in [0.15, 0.2) is 0 Å². The largest absolute Gasteiger partial charge is 0.480 e. The van der Waals surface area contributed by atoms with Crippen molar-refractivity contribution in [3.8, 4) is 0 Å². The zero-order chi connectivity index (χ0) is 13.1. The summed E-state index contributed by atoms with van der Waals surface area (Å²) in [6.07, 6.45) is 1.71. The van der Waals surface area contributed by atoms with Crippen LogP contribution in [0.4, 0.5) is 0 Å². The van der Waals surface area contributed by atoms with Crippen LogP contribution in [0.1, 0.15) is 33.6 Å². The highest BCUT2D eigenvalue weighted by Crippen LogP contribution is 2.18. The number of hydrogen-bond acceptors (Lipinski definition) is 4. The second-order valence-electron chi connectivity index (χ2n) is 5.17. The molecule has 5 nitrogen and oxygen atoms in total. The number of hydrogen-bond donors (Lipinski definition) is 2. The Morgan fingerprint density at radius 3 is 2.88 bits per heavy atom. The van der Waals surface area contributed by atoms with Crippen LogP contribution in [0.25, 0.3) is 0 Å². The summed E-state index contributed by atoms with van der Waals surface area (Å²) >= 11 is 0. The lowest BCUT2D eigenvalue weighted by Gasteiger charge is -2.38. The van der Waals surface area contributed by atoms with Gasteiger partial charge in [0.15, 0.2) is 0 Å². The minimum absolute atomic E-state index is 0.166. The predicted octanol–water partition coefficient (Wildman–Crippen LogP) is 0.678. The second-order valence-corrected chi connectivity index (χ2v) is 5.17. The Hall–Kier alpha value is -0.650. The second kappa shape index (κ2) is 5.80. The van der Waals surface area contributed by atoms with Crippen molar-refractivity contribution in [2.75, 3.05) is 19.7 Å². The van der Waals surface area contributed by atoms with E-state index < -0.39 is 11.5 Å². The van der Waals surface area contributed by atoms with Gasteiger partial charge in [0.1, 0.15) is 5.54 Å². The average Bonchev–Trinajstić information content (AvgIpc) is 2.28. The molecule has 1 aliphatic rings. The molecule has 1 aliphatic heterocycles. The monoisotopic (exact) mass is 244 g/mol. The van der Waals surface area contributed by atoms with Gasteiger partial charge >= 0.3 is 5.97 Å². The molecule has 1 heterocycles. The molecule has 0 saturated carbocycles. The predicted molar refractivity (Wildman–Crippen MR) is 65.9 cm³/mol. The van der Waals surface area contributed by atoms with Gasteiger partial charge in [0, 0.05) is 19.1 Å². The van der Waals surface area contributed by atoms with Gasteiger partial charge in [0.25, 0.3) is 0 Å². The number of nitrogens with two attached hydrogens (primary N) is 1. The highest BCUT2D eigenvalue weighted by atomic mass is 16.5. The molecular formula is C12H24N2O3. The molecule has 3 N–H and O–H groups in total. The first-order valence-electron chi connectivity index (χ1n) is 6.24. The molecule has 3 unspecified atom stereocenters. The quantitative estimate of drug-likeness (QED) is 0.743. The van der Waals surface area contributed by atoms with Crippen LogP contribution in [-0.2, 0) is 9.53 Å². The number of carboxylic acid groups (broad SMARTS) is 1. The first-order chi connectivity index (χ1) is 7.86. The molecule has 5 heteroatoms. The van der Waals surface area contributed by atoms with Crippen LogP contribution in [0.2, 0.25) is 0 Å². The van der Waals surface area contributed by atoms with E-state index >= 15 is 0 Å². The lowest BCUT2D eigenvalue weighted by molar-refractivity contribution is -0.143. The van der Waals surface area contributed by atoms with Crippen LogP contribution in [0, 0.1) is 0 Å². The van der Waals surface area contributed by atoms with Gasteiger partial charge in [-0.2, -0.15) is 0 Å². The lowest BCUT2D eigenvalue weighted by Crippen LogP contribution is -2.53. The highest BCUT2D eigenvalue weighted by Gasteiger charge is 2.33. The molecule has 0 aromatic rings. The number of nitrogens with zero attached hydrogens (tertiary/aromatic N) is 1. The van der Waals surface area contributed by atoms with Crippen LogP contribution < -0.4 is 5.73 Å². The molecule has 100 valence electrons. The molecule has 0 spiro atoms. The van der Waals surface area contributed by atoms with Gasteiger partial charge in [-0.25, -0.2) is 0 Å².